The van der Waals surface area contributed by atoms with E-state index in [4.69, 9.17) is 9.15 Å². The zero-order valence-corrected chi connectivity index (χ0v) is 18.5. The number of carboxylic acid groups (broad SMARTS) is 1. The normalized spacial score (nSPS) is 13.0. The molecule has 0 saturated carbocycles. The third-order valence-electron chi connectivity index (χ3n) is 5.25. The van der Waals surface area contributed by atoms with Gasteiger partial charge < -0.3 is 14.3 Å². The molecule has 2 aromatic heterocycles. The molecule has 0 fully saturated rings. The summed E-state index contributed by atoms with van der Waals surface area (Å²) in [5, 5.41) is 10.9. The Kier molecular flexibility index (Phi) is 5.62. The molecule has 0 bridgehead atoms. The number of carboxylic acids is 1. The summed E-state index contributed by atoms with van der Waals surface area (Å²) in [5.41, 5.74) is 2.83. The molecule has 0 unspecified atom stereocenters. The number of nitrogens with one attached hydrogen (secondary N) is 1. The van der Waals surface area contributed by atoms with Gasteiger partial charge >= 0.3 is 5.97 Å². The van der Waals surface area contributed by atoms with Gasteiger partial charge in [-0.2, -0.15) is 4.72 Å². The van der Waals surface area contributed by atoms with Gasteiger partial charge in [0, 0.05) is 34.7 Å². The van der Waals surface area contributed by atoms with Crippen LogP contribution in [0.15, 0.2) is 64.0 Å². The highest BCUT2D eigenvalue weighted by Crippen LogP contribution is 2.33. The zero-order chi connectivity index (χ0) is 23.0. The third kappa shape index (κ3) is 4.04. The lowest BCUT2D eigenvalue weighted by molar-refractivity contribution is -0.140. The average Bonchev–Trinajstić information content (AvgIpc) is 3.14. The van der Waals surface area contributed by atoms with E-state index in [9.17, 15) is 18.3 Å². The molecule has 0 aliphatic rings. The van der Waals surface area contributed by atoms with Gasteiger partial charge in [-0.25, -0.2) is 13.4 Å². The molecule has 0 aliphatic carbocycles. The molecule has 8 nitrogen and oxygen atoms in total. The predicted molar refractivity (Wildman–Crippen MR) is 120 cm³/mol. The van der Waals surface area contributed by atoms with E-state index >= 15 is 0 Å². The third-order valence-corrected chi connectivity index (χ3v) is 6.69. The molecule has 2 heterocycles. The van der Waals surface area contributed by atoms with Crippen LogP contribution in [0.3, 0.4) is 0 Å². The van der Waals surface area contributed by atoms with Gasteiger partial charge in [-0.15, -0.1) is 0 Å². The van der Waals surface area contributed by atoms with E-state index in [2.05, 4.69) is 9.71 Å². The molecule has 166 valence electrons. The second-order valence-electron chi connectivity index (χ2n) is 7.74. The number of fused-ring (bicyclic) bond motifs is 3. The van der Waals surface area contributed by atoms with Crippen molar-refractivity contribution >= 4 is 37.9 Å². The molecular weight excluding hydrogens is 432 g/mol. The highest BCUT2D eigenvalue weighted by atomic mass is 32.2. The molecule has 0 radical (unpaired) electrons. The van der Waals surface area contributed by atoms with Crippen LogP contribution in [0.5, 0.6) is 5.88 Å². The van der Waals surface area contributed by atoms with E-state index in [1.54, 1.807) is 39.3 Å². The van der Waals surface area contributed by atoms with Crippen molar-refractivity contribution in [2.45, 2.75) is 24.8 Å². The summed E-state index contributed by atoms with van der Waals surface area (Å²) in [5.74, 6) is -1.12. The highest BCUT2D eigenvalue weighted by molar-refractivity contribution is 7.89. The van der Waals surface area contributed by atoms with Crippen molar-refractivity contribution in [1.82, 2.24) is 9.71 Å². The number of rotatable bonds is 7. The van der Waals surface area contributed by atoms with Crippen molar-refractivity contribution in [1.29, 1.82) is 0 Å². The number of ether oxygens (including phenoxy) is 1. The number of nitrogens with zero attached hydrogens (tertiary/aromatic N) is 1. The van der Waals surface area contributed by atoms with Gasteiger partial charge in [-0.1, -0.05) is 19.9 Å². The summed E-state index contributed by atoms with van der Waals surface area (Å²) < 4.78 is 38.8. The second-order valence-corrected chi connectivity index (χ2v) is 9.46. The van der Waals surface area contributed by atoms with Gasteiger partial charge in [0.15, 0.2) is 0 Å². The van der Waals surface area contributed by atoms with Gasteiger partial charge in [-0.3, -0.25) is 4.79 Å². The topological polar surface area (TPSA) is 119 Å². The molecule has 4 rings (SSSR count). The fraction of sp³-hybridized carbons (Fsp3) is 0.217. The monoisotopic (exact) mass is 454 g/mol. The first-order valence-corrected chi connectivity index (χ1v) is 11.4. The van der Waals surface area contributed by atoms with Crippen LogP contribution >= 0.6 is 0 Å². The van der Waals surface area contributed by atoms with E-state index < -0.39 is 28.0 Å². The van der Waals surface area contributed by atoms with Crippen LogP contribution < -0.4 is 9.46 Å². The lowest BCUT2D eigenvalue weighted by Crippen LogP contribution is -2.44. The first kappa shape index (κ1) is 21.8. The van der Waals surface area contributed by atoms with Crippen LogP contribution in [0.4, 0.5) is 0 Å². The Bertz CT molecular complexity index is 1410. The van der Waals surface area contributed by atoms with E-state index in [0.717, 1.165) is 21.9 Å². The summed E-state index contributed by atoms with van der Waals surface area (Å²) in [7, 11) is -2.49. The number of benzene rings is 2. The highest BCUT2D eigenvalue weighted by Gasteiger charge is 2.28. The van der Waals surface area contributed by atoms with Crippen LogP contribution in [-0.2, 0) is 14.8 Å². The minimum Gasteiger partial charge on any atom is -0.481 e. The smallest absolute Gasteiger partial charge is 0.322 e. The largest absolute Gasteiger partial charge is 0.481 e. The van der Waals surface area contributed by atoms with Gasteiger partial charge in [0.05, 0.1) is 12.0 Å². The summed E-state index contributed by atoms with van der Waals surface area (Å²) in [6.07, 6.45) is 1.71. The van der Waals surface area contributed by atoms with Crippen molar-refractivity contribution in [2.75, 3.05) is 7.11 Å². The van der Waals surface area contributed by atoms with E-state index in [0.29, 0.717) is 17.0 Å². The Labute approximate surface area is 184 Å². The van der Waals surface area contributed by atoms with E-state index in [1.165, 1.54) is 12.1 Å². The van der Waals surface area contributed by atoms with Crippen molar-refractivity contribution in [2.24, 2.45) is 5.92 Å². The van der Waals surface area contributed by atoms with Crippen LogP contribution in [0.1, 0.15) is 13.8 Å². The van der Waals surface area contributed by atoms with Gasteiger partial charge in [-0.05, 0) is 41.8 Å². The van der Waals surface area contributed by atoms with Crippen LogP contribution in [0, 0.1) is 5.92 Å². The number of carbonyl (C=O) groups is 1. The molecule has 1 atom stereocenters. The van der Waals surface area contributed by atoms with E-state index in [-0.39, 0.29) is 4.90 Å². The summed E-state index contributed by atoms with van der Waals surface area (Å²) in [6, 6.07) is 12.6. The number of hydrogen-bond acceptors (Lipinski definition) is 6. The second kappa shape index (κ2) is 8.25. The molecule has 0 amide bonds. The van der Waals surface area contributed by atoms with Gasteiger partial charge in [0.1, 0.15) is 17.2 Å². The Morgan fingerprint density at radius 2 is 1.78 bits per heavy atom. The fourth-order valence-corrected chi connectivity index (χ4v) is 4.84. The minimum atomic E-state index is -4.05. The van der Waals surface area contributed by atoms with E-state index in [1.807, 2.05) is 24.3 Å². The average molecular weight is 455 g/mol. The SMILES string of the molecule is COc1ccc(-c2ccc3oc4cc(S(=O)(=O)N[C@H](C(=O)O)C(C)C)ccc4c3c2)cn1. The van der Waals surface area contributed by atoms with Crippen LogP contribution in [0.2, 0.25) is 0 Å². The van der Waals surface area contributed by atoms with Crippen LogP contribution in [-0.4, -0.2) is 37.6 Å². The predicted octanol–water partition coefficient (Wildman–Crippen LogP) is 4.04. The minimum absolute atomic E-state index is 0.0597. The molecule has 4 aromatic rings. The van der Waals surface area contributed by atoms with Gasteiger partial charge in [0.2, 0.25) is 15.9 Å². The van der Waals surface area contributed by atoms with Crippen LogP contribution in [0.25, 0.3) is 33.1 Å². The molecule has 0 spiro atoms. The summed E-state index contributed by atoms with van der Waals surface area (Å²) >= 11 is 0. The number of aliphatic carboxylic acids is 1. The Morgan fingerprint density at radius 1 is 1.03 bits per heavy atom. The zero-order valence-electron chi connectivity index (χ0n) is 17.7. The molecule has 0 saturated heterocycles. The van der Waals surface area contributed by atoms with Gasteiger partial charge in [0.25, 0.3) is 0 Å². The summed E-state index contributed by atoms with van der Waals surface area (Å²) in [4.78, 5) is 15.6. The van der Waals surface area contributed by atoms with Crippen molar-refractivity contribution in [3.8, 4) is 17.0 Å². The first-order chi connectivity index (χ1) is 15.2. The van der Waals surface area contributed by atoms with Crippen molar-refractivity contribution in [3.63, 3.8) is 0 Å². The number of hydrogen-bond donors (Lipinski definition) is 2. The quantitative estimate of drug-likeness (QED) is 0.432. The van der Waals surface area contributed by atoms with Crippen molar-refractivity contribution in [3.05, 3.63) is 54.7 Å². The Morgan fingerprint density at radius 3 is 2.41 bits per heavy atom. The standard InChI is InChI=1S/C23H22N2O6S/c1-13(2)22(23(26)27)25-32(28,29)16-6-7-17-18-10-14(4-8-19(18)31-20(17)11-16)15-5-9-21(30-3)24-12-15/h4-13,22,25H,1-3H3,(H,26,27)/t22-/m0/s1. The molecular formula is C23H22N2O6S. The molecule has 9 heteroatoms. The van der Waals surface area contributed by atoms with Crippen molar-refractivity contribution < 1.29 is 27.5 Å². The molecule has 32 heavy (non-hydrogen) atoms. The molecule has 2 N–H and O–H groups in total. The maximum absolute atomic E-state index is 12.8. The Hall–Kier alpha value is -3.43. The number of pyridine rings is 1. The number of aromatic nitrogens is 1. The number of furan rings is 1. The maximum atomic E-state index is 12.8. The maximum Gasteiger partial charge on any atom is 0.322 e. The lowest BCUT2D eigenvalue weighted by Gasteiger charge is -2.17. The molecule has 2 aromatic carbocycles. The first-order valence-electron chi connectivity index (χ1n) is 9.91. The number of methoxy groups -OCH3 is 1. The lowest BCUT2D eigenvalue weighted by atomic mass is 10.0. The number of sulfonamides is 1. The molecule has 0 aliphatic heterocycles. The summed E-state index contributed by atoms with van der Waals surface area (Å²) in [6.45, 7) is 3.28. The fourth-order valence-electron chi connectivity index (χ4n) is 3.48. The Balaban J connectivity index is 1.73.